The van der Waals surface area contributed by atoms with Crippen molar-refractivity contribution in [1.82, 2.24) is 0 Å². The van der Waals surface area contributed by atoms with E-state index in [1.807, 2.05) is 38.1 Å². The second kappa shape index (κ2) is 6.47. The largest absolute Gasteiger partial charge is 0.464 e. The van der Waals surface area contributed by atoms with Crippen molar-refractivity contribution in [2.45, 2.75) is 40.9 Å². The molecule has 0 spiro atoms. The fraction of sp³-hybridized carbons (Fsp3) is 0.500. The molecule has 2 nitrogen and oxygen atoms in total. The van der Waals surface area contributed by atoms with Gasteiger partial charge >= 0.3 is 0 Å². The van der Waals surface area contributed by atoms with E-state index >= 15 is 0 Å². The molecule has 0 N–H and O–H groups in total. The number of rotatable bonds is 4. The van der Waals surface area contributed by atoms with Gasteiger partial charge in [-0.15, -0.1) is 0 Å². The highest BCUT2D eigenvalue weighted by atomic mass is 16.7. The molecule has 0 radical (unpaired) electrons. The van der Waals surface area contributed by atoms with Gasteiger partial charge in [-0.1, -0.05) is 24.0 Å². The lowest BCUT2D eigenvalue weighted by Crippen LogP contribution is -2.16. The van der Waals surface area contributed by atoms with Crippen molar-refractivity contribution in [3.8, 4) is 17.6 Å². The summed E-state index contributed by atoms with van der Waals surface area (Å²) in [5, 5.41) is 0. The van der Waals surface area contributed by atoms with Crippen LogP contribution < -0.4 is 4.74 Å². The van der Waals surface area contributed by atoms with Gasteiger partial charge in [-0.2, -0.15) is 0 Å². The molecular weight excluding hydrogens is 224 g/mol. The second-order valence-electron chi connectivity index (χ2n) is 5.14. The fourth-order valence-corrected chi connectivity index (χ4v) is 1.38. The summed E-state index contributed by atoms with van der Waals surface area (Å²) >= 11 is 0. The Balaban J connectivity index is 2.88. The third-order valence-electron chi connectivity index (χ3n) is 2.15. The standard InChI is InChI=1S/C16H22O2/c1-6-17-13(2)18-15-10-8-7-9-14(15)11-12-16(3,4)5/h7-10,13H,6H2,1-5H3. The van der Waals surface area contributed by atoms with E-state index in [1.54, 1.807) is 0 Å². The highest BCUT2D eigenvalue weighted by Gasteiger charge is 2.07. The van der Waals surface area contributed by atoms with E-state index in [9.17, 15) is 0 Å². The molecule has 0 amide bonds. The fourth-order valence-electron chi connectivity index (χ4n) is 1.38. The minimum absolute atomic E-state index is 0.0152. The Morgan fingerprint density at radius 2 is 1.89 bits per heavy atom. The molecule has 0 aromatic heterocycles. The minimum Gasteiger partial charge on any atom is -0.464 e. The maximum absolute atomic E-state index is 5.73. The highest BCUT2D eigenvalue weighted by Crippen LogP contribution is 2.19. The molecule has 1 atom stereocenters. The van der Waals surface area contributed by atoms with Gasteiger partial charge in [0, 0.05) is 12.0 Å². The van der Waals surface area contributed by atoms with Gasteiger partial charge in [0.2, 0.25) is 0 Å². The predicted molar refractivity (Wildman–Crippen MR) is 74.5 cm³/mol. The van der Waals surface area contributed by atoms with Gasteiger partial charge in [0.15, 0.2) is 6.29 Å². The van der Waals surface area contributed by atoms with E-state index in [0.717, 1.165) is 11.3 Å². The number of para-hydroxylation sites is 1. The molecule has 0 saturated carbocycles. The first-order chi connectivity index (χ1) is 8.42. The Morgan fingerprint density at radius 1 is 1.22 bits per heavy atom. The summed E-state index contributed by atoms with van der Waals surface area (Å²) in [4.78, 5) is 0. The van der Waals surface area contributed by atoms with Crippen LogP contribution in [-0.2, 0) is 4.74 Å². The van der Waals surface area contributed by atoms with Gasteiger partial charge in [-0.05, 0) is 46.8 Å². The predicted octanol–water partition coefficient (Wildman–Crippen LogP) is 3.85. The van der Waals surface area contributed by atoms with Crippen molar-refractivity contribution in [3.63, 3.8) is 0 Å². The first-order valence-electron chi connectivity index (χ1n) is 6.33. The van der Waals surface area contributed by atoms with Crippen molar-refractivity contribution in [1.29, 1.82) is 0 Å². The highest BCUT2D eigenvalue weighted by molar-refractivity contribution is 5.46. The zero-order chi connectivity index (χ0) is 13.6. The van der Waals surface area contributed by atoms with E-state index in [0.29, 0.717) is 6.61 Å². The van der Waals surface area contributed by atoms with Crippen LogP contribution in [0.15, 0.2) is 24.3 Å². The van der Waals surface area contributed by atoms with E-state index in [4.69, 9.17) is 9.47 Å². The Kier molecular flexibility index (Phi) is 5.25. The van der Waals surface area contributed by atoms with Crippen LogP contribution in [-0.4, -0.2) is 12.9 Å². The van der Waals surface area contributed by atoms with Crippen LogP contribution in [0.5, 0.6) is 5.75 Å². The van der Waals surface area contributed by atoms with E-state index in [-0.39, 0.29) is 11.7 Å². The van der Waals surface area contributed by atoms with Crippen LogP contribution in [0.1, 0.15) is 40.2 Å². The molecule has 98 valence electrons. The lowest BCUT2D eigenvalue weighted by molar-refractivity contribution is -0.0614. The van der Waals surface area contributed by atoms with Crippen LogP contribution >= 0.6 is 0 Å². The topological polar surface area (TPSA) is 18.5 Å². The first-order valence-corrected chi connectivity index (χ1v) is 6.33. The molecule has 2 heteroatoms. The van der Waals surface area contributed by atoms with Gasteiger partial charge in [-0.3, -0.25) is 0 Å². The maximum Gasteiger partial charge on any atom is 0.197 e. The van der Waals surface area contributed by atoms with E-state index in [2.05, 4.69) is 32.6 Å². The van der Waals surface area contributed by atoms with Crippen LogP contribution in [0.25, 0.3) is 0 Å². The van der Waals surface area contributed by atoms with Crippen molar-refractivity contribution in [2.75, 3.05) is 6.61 Å². The third-order valence-corrected chi connectivity index (χ3v) is 2.15. The third kappa shape index (κ3) is 5.25. The first kappa shape index (κ1) is 14.6. The summed E-state index contributed by atoms with van der Waals surface area (Å²) in [6, 6.07) is 7.79. The Bertz CT molecular complexity index is 432. The van der Waals surface area contributed by atoms with Gasteiger partial charge in [0.1, 0.15) is 5.75 Å². The summed E-state index contributed by atoms with van der Waals surface area (Å²) in [6.45, 7) is 10.7. The Labute approximate surface area is 110 Å². The number of ether oxygens (including phenoxy) is 2. The molecule has 0 aliphatic heterocycles. The average molecular weight is 246 g/mol. The minimum atomic E-state index is -0.257. The molecule has 0 saturated heterocycles. The lowest BCUT2D eigenvalue weighted by atomic mass is 9.97. The normalized spacial score (nSPS) is 12.5. The van der Waals surface area contributed by atoms with Gasteiger partial charge in [0.05, 0.1) is 5.56 Å². The summed E-state index contributed by atoms with van der Waals surface area (Å²) in [6.07, 6.45) is -0.257. The maximum atomic E-state index is 5.73. The molecule has 1 aromatic carbocycles. The molecule has 0 bridgehead atoms. The summed E-state index contributed by atoms with van der Waals surface area (Å²) in [5.74, 6) is 7.16. The van der Waals surface area contributed by atoms with Crippen LogP contribution in [0.3, 0.4) is 0 Å². The van der Waals surface area contributed by atoms with Gasteiger partial charge in [0.25, 0.3) is 0 Å². The number of hydrogen-bond acceptors (Lipinski definition) is 2. The summed E-state index contributed by atoms with van der Waals surface area (Å²) in [7, 11) is 0. The molecule has 1 rings (SSSR count). The molecule has 0 aliphatic carbocycles. The van der Waals surface area contributed by atoms with Crippen molar-refractivity contribution < 1.29 is 9.47 Å². The summed E-state index contributed by atoms with van der Waals surface area (Å²) in [5.41, 5.74) is 0.887. The smallest absolute Gasteiger partial charge is 0.197 e. The lowest BCUT2D eigenvalue weighted by Gasteiger charge is -2.15. The number of hydrogen-bond donors (Lipinski definition) is 0. The molecule has 0 aliphatic rings. The quantitative estimate of drug-likeness (QED) is 0.593. The Hall–Kier alpha value is -1.46. The van der Waals surface area contributed by atoms with Crippen molar-refractivity contribution >= 4 is 0 Å². The van der Waals surface area contributed by atoms with Gasteiger partial charge in [-0.25, -0.2) is 0 Å². The molecule has 1 aromatic rings. The molecular formula is C16H22O2. The van der Waals surface area contributed by atoms with Gasteiger partial charge < -0.3 is 9.47 Å². The van der Waals surface area contributed by atoms with E-state index < -0.39 is 0 Å². The van der Waals surface area contributed by atoms with Crippen LogP contribution in [0.4, 0.5) is 0 Å². The number of benzene rings is 1. The van der Waals surface area contributed by atoms with Crippen molar-refractivity contribution in [2.24, 2.45) is 5.41 Å². The van der Waals surface area contributed by atoms with Crippen LogP contribution in [0, 0.1) is 17.3 Å². The zero-order valence-electron chi connectivity index (χ0n) is 11.9. The molecule has 18 heavy (non-hydrogen) atoms. The molecule has 0 fully saturated rings. The van der Waals surface area contributed by atoms with Crippen LogP contribution in [0.2, 0.25) is 0 Å². The summed E-state index contributed by atoms with van der Waals surface area (Å²) < 4.78 is 11.1. The molecule has 0 heterocycles. The van der Waals surface area contributed by atoms with E-state index in [1.165, 1.54) is 0 Å². The Morgan fingerprint density at radius 3 is 2.50 bits per heavy atom. The second-order valence-corrected chi connectivity index (χ2v) is 5.14. The average Bonchev–Trinajstić information content (AvgIpc) is 2.27. The molecule has 1 unspecified atom stereocenters. The SMILES string of the molecule is CCOC(C)Oc1ccccc1C#CC(C)(C)C. The zero-order valence-corrected chi connectivity index (χ0v) is 11.9. The monoisotopic (exact) mass is 246 g/mol. The van der Waals surface area contributed by atoms with Crippen molar-refractivity contribution in [3.05, 3.63) is 29.8 Å².